The number of para-hydroxylation sites is 9. The van der Waals surface area contributed by atoms with E-state index < -0.39 is 38.0 Å². The van der Waals surface area contributed by atoms with E-state index in [9.17, 15) is 0 Å². The van der Waals surface area contributed by atoms with Crippen molar-refractivity contribution in [1.82, 2.24) is 32.8 Å². The van der Waals surface area contributed by atoms with Gasteiger partial charge in [-0.3, -0.25) is 0 Å². The van der Waals surface area contributed by atoms with E-state index in [1.54, 1.807) is 16.2 Å². The van der Waals surface area contributed by atoms with Crippen LogP contribution in [-0.4, -0.2) is 201 Å². The van der Waals surface area contributed by atoms with Crippen LogP contribution in [-0.2, 0) is 0 Å². The van der Waals surface area contributed by atoms with Crippen LogP contribution < -0.4 is 115 Å². The first-order chi connectivity index (χ1) is 69.9. The number of ether oxygens (including phenoxy) is 4. The molecule has 21 fully saturated rings. The molecule has 0 saturated carbocycles. The van der Waals surface area contributed by atoms with Crippen molar-refractivity contribution in [3.8, 4) is 68.7 Å². The number of rotatable bonds is 9. The van der Waals surface area contributed by atoms with Crippen LogP contribution in [0.15, 0.2) is 315 Å². The Kier molecular flexibility index (Phi) is 11.5. The Hall–Kier alpha value is -9.80. The van der Waals surface area contributed by atoms with Crippen LogP contribution in [0.25, 0.3) is 110 Å². The van der Waals surface area contributed by atoms with Gasteiger partial charge in [0.15, 0.2) is 0 Å². The third-order valence-corrected chi connectivity index (χ3v) is 103. The molecular weight excluding hydrogens is 1820 g/mol. The maximum absolute atomic E-state index is 6.64. The minimum absolute atomic E-state index is 0.206. The molecule has 142 heavy (non-hydrogen) atoms. The Morgan fingerprint density at radius 2 is 0.606 bits per heavy atom. The zero-order valence-electron chi connectivity index (χ0n) is 79.3. The maximum atomic E-state index is 6.64. The summed E-state index contributed by atoms with van der Waals surface area (Å²) < 4.78 is 36.4. The fourth-order valence-corrected chi connectivity index (χ4v) is 117. The molecule has 16 aromatic carbocycles. The van der Waals surface area contributed by atoms with Crippen LogP contribution in [0.2, 0.25) is 0 Å². The van der Waals surface area contributed by atoms with Gasteiger partial charge in [-0.05, 0) is 47.1 Å². The van der Waals surface area contributed by atoms with Gasteiger partial charge in [0.05, 0.1) is 5.52 Å². The number of benzene rings is 16. The molecule has 20 aromatic rings. The number of aryl methyl sites for hydroxylation is 1. The molecule has 0 atom stereocenters. The van der Waals surface area contributed by atoms with Gasteiger partial charge >= 0.3 is 675 Å². The Morgan fingerprint density at radius 1 is 0.261 bits per heavy atom. The fourth-order valence-electron chi connectivity index (χ4n) is 41.9. The van der Waals surface area contributed by atoms with Crippen LogP contribution in [0, 0.1) is 6.92 Å². The molecule has 637 valence electrons. The van der Waals surface area contributed by atoms with E-state index >= 15 is 0 Å². The summed E-state index contributed by atoms with van der Waals surface area (Å²) in [7, 11) is 0.869. The van der Waals surface area contributed by atoms with Crippen LogP contribution in [0.1, 0.15) is 5.56 Å². The average Bonchev–Trinajstić information content (AvgIpc) is 1.33. The van der Waals surface area contributed by atoms with Crippen LogP contribution in [0.5, 0.6) is 46.0 Å². The number of nitrogens with one attached hydrogen (secondary N) is 3. The Morgan fingerprint density at radius 3 is 1.08 bits per heavy atom. The molecule has 11 nitrogen and oxygen atoms in total. The first-order valence-corrected chi connectivity index (χ1v) is 70.7. The van der Waals surface area contributed by atoms with E-state index in [-0.39, 0.29) is 33.9 Å². The second kappa shape index (κ2) is 21.8. The molecule has 3 N–H and O–H groups in total. The van der Waals surface area contributed by atoms with Gasteiger partial charge < -0.3 is 9.30 Å². The van der Waals surface area contributed by atoms with Gasteiger partial charge in [-0.1, -0.05) is 60.7 Å². The molecule has 33 heterocycles. The predicted octanol–water partition coefficient (Wildman–Crippen LogP) is 4.04. The molecule has 0 amide bonds. The van der Waals surface area contributed by atoms with E-state index in [1.165, 1.54) is 189 Å². The predicted molar refractivity (Wildman–Crippen MR) is 657 cm³/mol. The number of fused-ring (bicyclic) bond motifs is 31. The second-order valence-corrected chi connectivity index (χ2v) is 88.2. The summed E-state index contributed by atoms with van der Waals surface area (Å²) in [4.78, 5) is 14.6. The molecule has 21 saturated heterocycles. The van der Waals surface area contributed by atoms with Crippen molar-refractivity contribution >= 4 is 389 Å². The Labute approximate surface area is 830 Å². The summed E-state index contributed by atoms with van der Waals surface area (Å²) in [6.45, 7) is 12.9. The van der Waals surface area contributed by atoms with Gasteiger partial charge in [-0.15, -0.1) is 0 Å². The van der Waals surface area contributed by atoms with E-state index in [4.69, 9.17) is 33.5 Å². The molecule has 29 aliphatic rings. The monoisotopic (exact) mass is 1890 g/mol. The molecule has 0 unspecified atom stereocenters. The van der Waals surface area contributed by atoms with Crippen molar-refractivity contribution < 1.29 is 18.9 Å². The van der Waals surface area contributed by atoms with E-state index in [0.29, 0.717) is 34.8 Å². The number of nitrogens with zero attached hydrogens (tertiary/aromatic N) is 4. The van der Waals surface area contributed by atoms with Gasteiger partial charge in [0.25, 0.3) is 6.71 Å². The normalized spacial score (nSPS) is 24.4. The van der Waals surface area contributed by atoms with Crippen LogP contribution >= 0.6 is 38.0 Å². The molecule has 0 aliphatic carbocycles. The Bertz CT molecular complexity index is 10100. The summed E-state index contributed by atoms with van der Waals surface area (Å²) in [5.41, 5.74) is 34.3. The van der Waals surface area contributed by atoms with E-state index in [1.807, 2.05) is 10.6 Å². The van der Waals surface area contributed by atoms with Crippen LogP contribution in [0.4, 0.5) is 0 Å². The van der Waals surface area contributed by atoms with Crippen molar-refractivity contribution in [1.29, 1.82) is 0 Å². The van der Waals surface area contributed by atoms with Crippen molar-refractivity contribution in [2.75, 3.05) is 0 Å². The van der Waals surface area contributed by atoms with Gasteiger partial charge in [0, 0.05) is 22.0 Å². The molecule has 4 aromatic heterocycles. The van der Waals surface area contributed by atoms with Gasteiger partial charge in [-0.25, -0.2) is 0 Å². The molecule has 49 rings (SSSR count). The van der Waals surface area contributed by atoms with Gasteiger partial charge in [0.1, 0.15) is 11.5 Å². The fraction of sp³-hybridized carbons (Fsp3) is 0.0103. The summed E-state index contributed by atoms with van der Waals surface area (Å²) in [5.74, 6) is 8.14. The molecular formula is C97H70B28N7O4P6-6. The molecule has 3 spiro atoms. The third-order valence-electron chi connectivity index (χ3n) is 49.6. The first kappa shape index (κ1) is 75.0. The topological polar surface area (TPSA) is 92.7 Å². The SMILES string of the molecule is Cc1cccc2c3cccc4c3n(c12)-c1cccc2c1B4c1ccccc1O2.[B]1B2B3[BH2-]P123NP12(c3cc4c5c(c3)c3ccccc3n5-c3cccc5c3B4c3ccccc3O5)B3[BH2-]B1B32.[B]1B2B3[BH2-]P123NP12(c3ccc4c5c3c3ccccc3n5-c3cccc5c3B4c3ccccc3O5)B3[BH2-]B1B32.[B]1B2B3[BH2-]P123NP12(c3ccc4c5ccccc5n5c4c3B3c4ccccc4Oc4cccc-5c43)B3[BH2-]B1B32. The quantitative estimate of drug-likeness (QED) is 0.149. The van der Waals surface area contributed by atoms with E-state index in [2.05, 4.69) is 361 Å². The molecule has 45 heteroatoms. The van der Waals surface area contributed by atoms with Crippen molar-refractivity contribution in [2.24, 2.45) is 0 Å². The van der Waals surface area contributed by atoms with Crippen LogP contribution in [0.3, 0.4) is 0 Å². The standard InChI is InChI=1S/C25H16BNO.3C24H18B9N2OP2/c1-15-7-4-8-16-17-9-5-11-19-25(17)27(24(15)16)20-12-6-14-22-23(20)26(19)18-10-2-3-13-21(18)28-22;1-3-8-19-15(6-1)16-12-14(37(29-25-30(37)33(29)37)34-38-26-31(38)32(38)27-38)13-18-24(16)35(19)20-9-5-11-22-23(20)28(18)17-7-2-4-10-21(17)36-22;1-3-8-17-14(6-1)15-12-13-21(37(29-25-30(37)33(29)37)34-38-26-31(38)32(38)27-38)23-24(15)35(17)18-9-5-11-20-22(18)28(23)16-7-2-4-10-19(16)36-20;1-3-8-17-14(6-1)22-21(37(29-25-30(37)33(29)37)34-38-26-31(38)32(38)27-38)13-12-16-24(22)35(17)18-9-5-11-20-23(18)28(16)15-7-2-4-10-19(15)36-20/h2-14H,1H3;3*1-13,34H,25-26H2/q;3*-2. The summed E-state index contributed by atoms with van der Waals surface area (Å²) in [5, 5.41) is 17.0. The number of aromatic nitrogens is 4. The summed E-state index contributed by atoms with van der Waals surface area (Å²) in [6.07, 6.45) is 7.48. The van der Waals surface area contributed by atoms with E-state index in [0.717, 1.165) is 121 Å². The van der Waals surface area contributed by atoms with Crippen molar-refractivity contribution in [3.05, 3.63) is 321 Å². The summed E-state index contributed by atoms with van der Waals surface area (Å²) >= 11 is 0. The first-order valence-electron chi connectivity index (χ1n) is 54.7. The zero-order chi connectivity index (χ0) is 90.4. The van der Waals surface area contributed by atoms with Crippen molar-refractivity contribution in [3.63, 3.8) is 0 Å². The number of hydrogen-bond donors (Lipinski definition) is 3. The van der Waals surface area contributed by atoms with Crippen molar-refractivity contribution in [2.45, 2.75) is 6.92 Å². The molecule has 6 bridgehead atoms. The second-order valence-electron chi connectivity index (χ2n) is 52.0. The minimum atomic E-state index is -1.95. The van der Waals surface area contributed by atoms with Gasteiger partial charge in [0.2, 0.25) is 0 Å². The van der Waals surface area contributed by atoms with Gasteiger partial charge in [-0.2, -0.15) is 0 Å². The third kappa shape index (κ3) is 7.15. The Balaban J connectivity index is 0.0000000728. The average molecular weight is 1890 g/mol. The summed E-state index contributed by atoms with van der Waals surface area (Å²) in [6, 6.07) is 118. The zero-order valence-corrected chi connectivity index (χ0v) is 84.7. The molecule has 3 radical (unpaired) electrons. The number of hydrogen-bond acceptors (Lipinski definition) is 7. The molecule has 29 aliphatic heterocycles.